The summed E-state index contributed by atoms with van der Waals surface area (Å²) in [5.74, 6) is -2.96. The van der Waals surface area contributed by atoms with Crippen molar-refractivity contribution >= 4 is 11.7 Å². The maximum atomic E-state index is 13.7. The van der Waals surface area contributed by atoms with Crippen LogP contribution in [0.25, 0.3) is 0 Å². The van der Waals surface area contributed by atoms with Gasteiger partial charge in [0.1, 0.15) is 0 Å². The van der Waals surface area contributed by atoms with E-state index >= 15 is 0 Å². The molecule has 1 saturated carbocycles. The third-order valence-electron chi connectivity index (χ3n) is 3.28. The molecular weight excluding hydrogens is 256 g/mol. The van der Waals surface area contributed by atoms with Crippen molar-refractivity contribution in [1.29, 1.82) is 0 Å². The second-order valence-electron chi connectivity index (χ2n) is 4.65. The lowest BCUT2D eigenvalue weighted by Crippen LogP contribution is -2.33. The first-order chi connectivity index (χ1) is 9.02. The third-order valence-corrected chi connectivity index (χ3v) is 3.28. The van der Waals surface area contributed by atoms with Crippen molar-refractivity contribution < 1.29 is 23.4 Å². The van der Waals surface area contributed by atoms with E-state index in [-0.39, 0.29) is 17.7 Å². The van der Waals surface area contributed by atoms with Gasteiger partial charge in [-0.3, -0.25) is 0 Å². The lowest BCUT2D eigenvalue weighted by Gasteiger charge is -2.31. The number of halogens is 2. The maximum absolute atomic E-state index is 13.7. The highest BCUT2D eigenvalue weighted by Gasteiger charge is 2.27. The molecule has 0 unspecified atom stereocenters. The number of aliphatic hydroxyl groups is 1. The normalized spacial score (nSPS) is 21.7. The average Bonchev–Trinajstić information content (AvgIpc) is 2.37. The summed E-state index contributed by atoms with van der Waals surface area (Å²) in [6.45, 7) is 0.463. The number of methoxy groups -OCH3 is 1. The summed E-state index contributed by atoms with van der Waals surface area (Å²) >= 11 is 0. The summed E-state index contributed by atoms with van der Waals surface area (Å²) < 4.78 is 31.7. The van der Waals surface area contributed by atoms with Gasteiger partial charge in [0.25, 0.3) is 0 Å². The number of carbonyl (C=O) groups is 1. The second kappa shape index (κ2) is 5.52. The Morgan fingerprint density at radius 3 is 2.68 bits per heavy atom. The first-order valence-corrected chi connectivity index (χ1v) is 6.01. The summed E-state index contributed by atoms with van der Waals surface area (Å²) in [5.41, 5.74) is -0.420. The molecular formula is C13H15F2NO3. The largest absolute Gasteiger partial charge is 0.465 e. The van der Waals surface area contributed by atoms with E-state index in [9.17, 15) is 13.6 Å². The van der Waals surface area contributed by atoms with Crippen LogP contribution in [-0.4, -0.2) is 30.8 Å². The Labute approximate surface area is 109 Å². The van der Waals surface area contributed by atoms with Crippen LogP contribution in [0.5, 0.6) is 0 Å². The molecule has 0 atom stereocenters. The fraction of sp³-hybridized carbons (Fsp3) is 0.462. The summed E-state index contributed by atoms with van der Waals surface area (Å²) in [4.78, 5) is 11.2. The number of benzene rings is 1. The van der Waals surface area contributed by atoms with E-state index in [1.54, 1.807) is 0 Å². The van der Waals surface area contributed by atoms with Crippen LogP contribution in [-0.2, 0) is 4.74 Å². The van der Waals surface area contributed by atoms with Gasteiger partial charge >= 0.3 is 5.97 Å². The van der Waals surface area contributed by atoms with Gasteiger partial charge in [0.05, 0.1) is 24.5 Å². The zero-order chi connectivity index (χ0) is 14.0. The monoisotopic (exact) mass is 271 g/mol. The van der Waals surface area contributed by atoms with Crippen LogP contribution in [0.3, 0.4) is 0 Å². The number of ether oxygens (including phenoxy) is 1. The molecule has 19 heavy (non-hydrogen) atoms. The Hall–Kier alpha value is -1.69. The number of nitrogens with one attached hydrogen (secondary N) is 1. The quantitative estimate of drug-likeness (QED) is 0.822. The molecule has 1 aromatic rings. The summed E-state index contributed by atoms with van der Waals surface area (Å²) in [5, 5.41) is 11.9. The van der Waals surface area contributed by atoms with Crippen molar-refractivity contribution in [2.75, 3.05) is 19.0 Å². The zero-order valence-electron chi connectivity index (χ0n) is 10.5. The topological polar surface area (TPSA) is 58.6 Å². The van der Waals surface area contributed by atoms with Crippen molar-refractivity contribution in [2.45, 2.75) is 18.9 Å². The van der Waals surface area contributed by atoms with Crippen molar-refractivity contribution in [3.05, 3.63) is 29.3 Å². The van der Waals surface area contributed by atoms with E-state index in [0.717, 1.165) is 7.11 Å². The molecule has 2 N–H and O–H groups in total. The number of esters is 1. The first-order valence-electron chi connectivity index (χ1n) is 6.01. The Bertz CT molecular complexity index is 487. The van der Waals surface area contributed by atoms with Gasteiger partial charge in [-0.15, -0.1) is 0 Å². The minimum atomic E-state index is -1.22. The van der Waals surface area contributed by atoms with Crippen LogP contribution in [0.2, 0.25) is 0 Å². The Morgan fingerprint density at radius 2 is 2.11 bits per heavy atom. The highest BCUT2D eigenvalue weighted by atomic mass is 19.2. The number of aliphatic hydroxyl groups excluding tert-OH is 1. The highest BCUT2D eigenvalue weighted by Crippen LogP contribution is 2.28. The van der Waals surface area contributed by atoms with Crippen LogP contribution in [0, 0.1) is 17.6 Å². The number of anilines is 1. The van der Waals surface area contributed by atoms with Crippen LogP contribution in [0.1, 0.15) is 23.2 Å². The van der Waals surface area contributed by atoms with E-state index < -0.39 is 23.2 Å². The van der Waals surface area contributed by atoms with E-state index in [1.807, 2.05) is 0 Å². The minimum Gasteiger partial charge on any atom is -0.465 e. The molecule has 6 heteroatoms. The van der Waals surface area contributed by atoms with Gasteiger partial charge in [-0.1, -0.05) is 0 Å². The van der Waals surface area contributed by atoms with Gasteiger partial charge in [0, 0.05) is 6.54 Å². The lowest BCUT2D eigenvalue weighted by molar-refractivity contribution is 0.0486. The molecule has 0 spiro atoms. The molecule has 1 aliphatic rings. The second-order valence-corrected chi connectivity index (χ2v) is 4.65. The number of carbonyl (C=O) groups excluding carboxylic acids is 1. The maximum Gasteiger partial charge on any atom is 0.340 e. The van der Waals surface area contributed by atoms with E-state index in [4.69, 9.17) is 5.11 Å². The molecule has 0 bridgehead atoms. The van der Waals surface area contributed by atoms with Gasteiger partial charge in [0.2, 0.25) is 0 Å². The van der Waals surface area contributed by atoms with Crippen molar-refractivity contribution in [2.24, 2.45) is 5.92 Å². The number of rotatable bonds is 4. The lowest BCUT2D eigenvalue weighted by atomic mass is 9.82. The molecule has 0 heterocycles. The number of hydrogen-bond donors (Lipinski definition) is 2. The van der Waals surface area contributed by atoms with Gasteiger partial charge in [-0.25, -0.2) is 13.6 Å². The van der Waals surface area contributed by atoms with Crippen molar-refractivity contribution in [3.8, 4) is 0 Å². The summed E-state index contributed by atoms with van der Waals surface area (Å²) in [7, 11) is 1.10. The van der Waals surface area contributed by atoms with Crippen molar-refractivity contribution in [3.63, 3.8) is 0 Å². The summed E-state index contributed by atoms with van der Waals surface area (Å²) in [6, 6.07) is 2.49. The molecule has 1 aromatic carbocycles. The standard InChI is InChI=1S/C13H15F2NO3/c1-19-13(18)9-2-3-10(12(15)11(9)14)16-6-7-4-8(17)5-7/h2-3,7-8,16-17H,4-6H2,1H3. The Morgan fingerprint density at radius 1 is 1.42 bits per heavy atom. The molecule has 1 aliphatic carbocycles. The molecule has 4 nitrogen and oxygen atoms in total. The molecule has 104 valence electrons. The molecule has 0 saturated heterocycles. The van der Waals surface area contributed by atoms with E-state index in [1.165, 1.54) is 12.1 Å². The molecule has 2 rings (SSSR count). The van der Waals surface area contributed by atoms with Crippen LogP contribution >= 0.6 is 0 Å². The highest BCUT2D eigenvalue weighted by molar-refractivity contribution is 5.90. The molecule has 0 radical (unpaired) electrons. The molecule has 0 aromatic heterocycles. The van der Waals surface area contributed by atoms with Crippen molar-refractivity contribution in [1.82, 2.24) is 0 Å². The molecule has 0 aliphatic heterocycles. The van der Waals surface area contributed by atoms with Crippen LogP contribution in [0.4, 0.5) is 14.5 Å². The first kappa shape index (κ1) is 13.7. The van der Waals surface area contributed by atoms with E-state index in [0.29, 0.717) is 19.4 Å². The minimum absolute atomic E-state index is 0.00606. The SMILES string of the molecule is COC(=O)c1ccc(NCC2CC(O)C2)c(F)c1F. The predicted octanol–water partition coefficient (Wildman–Crippen LogP) is 1.93. The smallest absolute Gasteiger partial charge is 0.340 e. The third kappa shape index (κ3) is 2.84. The summed E-state index contributed by atoms with van der Waals surface area (Å²) in [6.07, 6.45) is 1.05. The van der Waals surface area contributed by atoms with Crippen LogP contribution < -0.4 is 5.32 Å². The van der Waals surface area contributed by atoms with Gasteiger partial charge in [-0.2, -0.15) is 0 Å². The Kier molecular flexibility index (Phi) is 3.99. The number of hydrogen-bond acceptors (Lipinski definition) is 4. The zero-order valence-corrected chi connectivity index (χ0v) is 10.5. The Balaban J connectivity index is 2.06. The van der Waals surface area contributed by atoms with Crippen LogP contribution in [0.15, 0.2) is 12.1 Å². The predicted molar refractivity (Wildman–Crippen MR) is 64.9 cm³/mol. The van der Waals surface area contributed by atoms with Gasteiger partial charge < -0.3 is 15.2 Å². The van der Waals surface area contributed by atoms with Gasteiger partial charge in [-0.05, 0) is 30.9 Å². The van der Waals surface area contributed by atoms with Gasteiger partial charge in [0.15, 0.2) is 11.6 Å². The van der Waals surface area contributed by atoms with E-state index in [2.05, 4.69) is 10.1 Å². The fourth-order valence-electron chi connectivity index (χ4n) is 2.08. The molecule has 0 amide bonds. The molecule has 1 fully saturated rings. The fourth-order valence-corrected chi connectivity index (χ4v) is 2.08. The average molecular weight is 271 g/mol.